The smallest absolute Gasteiger partial charge is 0.136 e. The van der Waals surface area contributed by atoms with Gasteiger partial charge in [0.1, 0.15) is 5.84 Å². The molecule has 3 heteroatoms. The van der Waals surface area contributed by atoms with Gasteiger partial charge in [0.15, 0.2) is 0 Å². The second kappa shape index (κ2) is 7.40. The summed E-state index contributed by atoms with van der Waals surface area (Å²) in [6.45, 7) is 10.9. The number of likely N-dealkylation sites (N-methyl/N-ethyl adjacent to an activating group) is 1. The molecule has 0 amide bonds. The molecule has 3 nitrogen and oxygen atoms in total. The van der Waals surface area contributed by atoms with Gasteiger partial charge in [-0.15, -0.1) is 0 Å². The van der Waals surface area contributed by atoms with Crippen LogP contribution in [0.15, 0.2) is 59.6 Å². The van der Waals surface area contributed by atoms with Crippen molar-refractivity contribution >= 4 is 11.5 Å². The fraction of sp³-hybridized carbons (Fsp3) is 0.409. The Bertz CT molecular complexity index is 703. The lowest BCUT2D eigenvalue weighted by atomic mass is 9.87. The van der Waals surface area contributed by atoms with Gasteiger partial charge in [0.2, 0.25) is 0 Å². The van der Waals surface area contributed by atoms with Crippen molar-refractivity contribution in [2.45, 2.75) is 26.2 Å². The van der Waals surface area contributed by atoms with Gasteiger partial charge < -0.3 is 9.80 Å². The van der Waals surface area contributed by atoms with Crippen molar-refractivity contribution in [3.8, 4) is 0 Å². The Balaban J connectivity index is 1.92. The van der Waals surface area contributed by atoms with Gasteiger partial charge >= 0.3 is 0 Å². The Kier molecular flexibility index (Phi) is 5.24. The molecule has 0 spiro atoms. The Morgan fingerprint density at radius 2 is 1.44 bits per heavy atom. The summed E-state index contributed by atoms with van der Waals surface area (Å²) in [6.07, 6.45) is 0. The van der Waals surface area contributed by atoms with E-state index in [2.05, 4.69) is 92.2 Å². The van der Waals surface area contributed by atoms with Gasteiger partial charge in [-0.3, -0.25) is 0 Å². The van der Waals surface area contributed by atoms with Crippen molar-refractivity contribution in [3.05, 3.63) is 65.7 Å². The lowest BCUT2D eigenvalue weighted by Gasteiger charge is -2.34. The van der Waals surface area contributed by atoms with Crippen molar-refractivity contribution in [1.29, 1.82) is 0 Å². The summed E-state index contributed by atoms with van der Waals surface area (Å²) in [5.74, 6) is 1.08. The number of benzene rings is 2. The third-order valence-corrected chi connectivity index (χ3v) is 4.80. The molecule has 1 fully saturated rings. The number of rotatable bonds is 2. The second-order valence-corrected chi connectivity index (χ2v) is 7.89. The van der Waals surface area contributed by atoms with Gasteiger partial charge in [-0.2, -0.15) is 0 Å². The monoisotopic (exact) mass is 335 g/mol. The summed E-state index contributed by atoms with van der Waals surface area (Å²) in [7, 11) is 2.18. The highest BCUT2D eigenvalue weighted by Gasteiger charge is 2.19. The van der Waals surface area contributed by atoms with Crippen LogP contribution in [0.5, 0.6) is 0 Å². The number of aliphatic imine (C=N–C) groups is 1. The molecule has 3 rings (SSSR count). The molecular weight excluding hydrogens is 306 g/mol. The molecule has 1 saturated heterocycles. The molecule has 0 aromatic heterocycles. The van der Waals surface area contributed by atoms with Gasteiger partial charge in [0, 0.05) is 31.7 Å². The van der Waals surface area contributed by atoms with Gasteiger partial charge in [0.25, 0.3) is 0 Å². The van der Waals surface area contributed by atoms with Crippen LogP contribution in [0, 0.1) is 0 Å². The van der Waals surface area contributed by atoms with E-state index < -0.39 is 0 Å². The maximum absolute atomic E-state index is 5.02. The molecule has 25 heavy (non-hydrogen) atoms. The molecule has 132 valence electrons. The van der Waals surface area contributed by atoms with E-state index in [-0.39, 0.29) is 5.41 Å². The molecule has 0 aliphatic carbocycles. The van der Waals surface area contributed by atoms with E-state index in [1.807, 2.05) is 0 Å². The summed E-state index contributed by atoms with van der Waals surface area (Å²) < 4.78 is 0. The first kappa shape index (κ1) is 17.7. The van der Waals surface area contributed by atoms with Crippen LogP contribution in [0.25, 0.3) is 0 Å². The van der Waals surface area contributed by atoms with Gasteiger partial charge in [-0.1, -0.05) is 63.2 Å². The molecule has 1 aliphatic rings. The zero-order valence-corrected chi connectivity index (χ0v) is 15.9. The summed E-state index contributed by atoms with van der Waals surface area (Å²) >= 11 is 0. The van der Waals surface area contributed by atoms with E-state index in [1.54, 1.807) is 0 Å². The van der Waals surface area contributed by atoms with E-state index >= 15 is 0 Å². The molecule has 0 saturated carbocycles. The summed E-state index contributed by atoms with van der Waals surface area (Å²) in [6, 6.07) is 19.2. The summed E-state index contributed by atoms with van der Waals surface area (Å²) in [5, 5.41) is 0. The minimum absolute atomic E-state index is 0.169. The average Bonchev–Trinajstić information content (AvgIpc) is 2.61. The minimum atomic E-state index is 0.169. The molecule has 1 heterocycles. The SMILES string of the molecule is CN1CCN(C(=Nc2ccc(C(C)(C)C)cc2)c2ccccc2)CC1. The highest BCUT2D eigenvalue weighted by atomic mass is 15.3. The van der Waals surface area contributed by atoms with Crippen LogP contribution < -0.4 is 0 Å². The zero-order chi connectivity index (χ0) is 17.9. The first-order chi connectivity index (χ1) is 11.9. The summed E-state index contributed by atoms with van der Waals surface area (Å²) in [4.78, 5) is 9.81. The van der Waals surface area contributed by atoms with Gasteiger partial charge in [0.05, 0.1) is 5.69 Å². The van der Waals surface area contributed by atoms with Gasteiger partial charge in [-0.25, -0.2) is 4.99 Å². The normalized spacial score (nSPS) is 17.0. The highest BCUT2D eigenvalue weighted by molar-refractivity contribution is 6.00. The number of amidine groups is 1. The fourth-order valence-corrected chi connectivity index (χ4v) is 3.08. The molecule has 0 bridgehead atoms. The van der Waals surface area contributed by atoms with Crippen LogP contribution in [-0.4, -0.2) is 48.9 Å². The first-order valence-electron chi connectivity index (χ1n) is 9.11. The van der Waals surface area contributed by atoms with Crippen molar-refractivity contribution in [2.75, 3.05) is 33.2 Å². The molecule has 0 unspecified atom stereocenters. The molecule has 0 atom stereocenters. The number of hydrogen-bond acceptors (Lipinski definition) is 2. The first-order valence-corrected chi connectivity index (χ1v) is 9.11. The Labute approximate surface area is 152 Å². The third kappa shape index (κ3) is 4.49. The predicted molar refractivity (Wildman–Crippen MR) is 107 cm³/mol. The maximum Gasteiger partial charge on any atom is 0.136 e. The third-order valence-electron chi connectivity index (χ3n) is 4.80. The molecule has 2 aromatic rings. The Morgan fingerprint density at radius 3 is 2.00 bits per heavy atom. The standard InChI is InChI=1S/C22H29N3/c1-22(2,3)19-10-12-20(13-11-19)23-21(18-8-6-5-7-9-18)25-16-14-24(4)15-17-25/h5-13H,14-17H2,1-4H3. The molecule has 1 aliphatic heterocycles. The number of hydrogen-bond donors (Lipinski definition) is 0. The predicted octanol–water partition coefficient (Wildman–Crippen LogP) is 4.31. The highest BCUT2D eigenvalue weighted by Crippen LogP contribution is 2.25. The van der Waals surface area contributed by atoms with Crippen molar-refractivity contribution in [2.24, 2.45) is 4.99 Å². The molecule has 2 aromatic carbocycles. The van der Waals surface area contributed by atoms with E-state index in [1.165, 1.54) is 11.1 Å². The van der Waals surface area contributed by atoms with Crippen LogP contribution >= 0.6 is 0 Å². The Morgan fingerprint density at radius 1 is 0.840 bits per heavy atom. The van der Waals surface area contributed by atoms with Crippen LogP contribution in [-0.2, 0) is 5.41 Å². The number of piperazine rings is 1. The zero-order valence-electron chi connectivity index (χ0n) is 15.9. The topological polar surface area (TPSA) is 18.8 Å². The van der Waals surface area contributed by atoms with Crippen molar-refractivity contribution in [3.63, 3.8) is 0 Å². The largest absolute Gasteiger partial charge is 0.354 e. The van der Waals surface area contributed by atoms with E-state index in [0.717, 1.165) is 37.7 Å². The number of nitrogens with zero attached hydrogens (tertiary/aromatic N) is 3. The lowest BCUT2D eigenvalue weighted by Crippen LogP contribution is -2.47. The van der Waals surface area contributed by atoms with Crippen LogP contribution in [0.2, 0.25) is 0 Å². The van der Waals surface area contributed by atoms with Gasteiger partial charge in [-0.05, 0) is 30.2 Å². The van der Waals surface area contributed by atoms with Crippen LogP contribution in [0.4, 0.5) is 5.69 Å². The van der Waals surface area contributed by atoms with E-state index in [4.69, 9.17) is 4.99 Å². The lowest BCUT2D eigenvalue weighted by molar-refractivity contribution is 0.216. The minimum Gasteiger partial charge on any atom is -0.354 e. The quantitative estimate of drug-likeness (QED) is 0.601. The maximum atomic E-state index is 5.02. The molecular formula is C22H29N3. The van der Waals surface area contributed by atoms with Crippen molar-refractivity contribution in [1.82, 2.24) is 9.80 Å². The summed E-state index contributed by atoms with van der Waals surface area (Å²) in [5.41, 5.74) is 3.71. The van der Waals surface area contributed by atoms with E-state index in [0.29, 0.717) is 0 Å². The molecule has 0 radical (unpaired) electrons. The Hall–Kier alpha value is -2.13. The van der Waals surface area contributed by atoms with E-state index in [9.17, 15) is 0 Å². The van der Waals surface area contributed by atoms with Crippen LogP contribution in [0.3, 0.4) is 0 Å². The van der Waals surface area contributed by atoms with Crippen LogP contribution in [0.1, 0.15) is 31.9 Å². The average molecular weight is 335 g/mol. The second-order valence-electron chi connectivity index (χ2n) is 7.89. The molecule has 0 N–H and O–H groups in total. The van der Waals surface area contributed by atoms with Crippen molar-refractivity contribution < 1.29 is 0 Å². The fourth-order valence-electron chi connectivity index (χ4n) is 3.08.